The number of hydrogen-bond donors (Lipinski definition) is 0. The van der Waals surface area contributed by atoms with Crippen molar-refractivity contribution in [2.75, 3.05) is 0 Å². The Bertz CT molecular complexity index is 3240. The first-order valence-corrected chi connectivity index (χ1v) is 17.7. The average Bonchev–Trinajstić information content (AvgIpc) is 3.22. The SMILES string of the molecule is c1cnc2c(c1)cc(-c1ccc3cc(-c4ccc(-c5nc6c7ccccc7c7ccccc7c6c6ccccc56)cc4)ccc3c1)c1cccnc12. The smallest absolute Gasteiger partial charge is 0.0970 e. The summed E-state index contributed by atoms with van der Waals surface area (Å²) in [6, 6.07) is 59.0. The Kier molecular flexibility index (Phi) is 6.25. The summed E-state index contributed by atoms with van der Waals surface area (Å²) in [5, 5.41) is 13.1. The van der Waals surface area contributed by atoms with Gasteiger partial charge in [-0.2, -0.15) is 0 Å². The molecule has 0 saturated heterocycles. The number of hydrogen-bond acceptors (Lipinski definition) is 3. The quantitative estimate of drug-likeness (QED) is 0.177. The Balaban J connectivity index is 1.01. The van der Waals surface area contributed by atoms with Crippen LogP contribution in [0.5, 0.6) is 0 Å². The van der Waals surface area contributed by atoms with E-state index in [-0.39, 0.29) is 0 Å². The fourth-order valence-electron chi connectivity index (χ4n) is 8.24. The Morgan fingerprint density at radius 3 is 1.62 bits per heavy atom. The molecule has 0 atom stereocenters. The molecule has 52 heavy (non-hydrogen) atoms. The minimum Gasteiger partial charge on any atom is -0.254 e. The van der Waals surface area contributed by atoms with Crippen molar-refractivity contribution in [2.24, 2.45) is 0 Å². The van der Waals surface area contributed by atoms with Gasteiger partial charge in [-0.05, 0) is 84.9 Å². The highest BCUT2D eigenvalue weighted by Crippen LogP contribution is 2.41. The van der Waals surface area contributed by atoms with Crippen LogP contribution in [0.15, 0.2) is 176 Å². The highest BCUT2D eigenvalue weighted by atomic mass is 14.7. The third kappa shape index (κ3) is 4.36. The molecule has 0 fully saturated rings. The van der Waals surface area contributed by atoms with Crippen LogP contribution in [0.2, 0.25) is 0 Å². The van der Waals surface area contributed by atoms with Crippen LogP contribution < -0.4 is 0 Å². The van der Waals surface area contributed by atoms with Gasteiger partial charge in [0.2, 0.25) is 0 Å². The van der Waals surface area contributed by atoms with Crippen molar-refractivity contribution in [3.63, 3.8) is 0 Å². The standard InChI is InChI=1S/C49H29N3/c1-3-12-39-37(10-1)38-11-2-5-14-41(38)48-45(39)40-13-4-6-15-42(40)46(52-48)31-19-17-30(18-20-31)32-21-22-34-28-35(24-23-33(34)27-32)44-29-36-9-7-25-50-47(36)49-43(44)16-8-26-51-49/h1-29H. The second kappa shape index (κ2) is 11.3. The maximum absolute atomic E-state index is 5.46. The highest BCUT2D eigenvalue weighted by Gasteiger charge is 2.17. The van der Waals surface area contributed by atoms with Crippen molar-refractivity contribution in [3.05, 3.63) is 176 Å². The summed E-state index contributed by atoms with van der Waals surface area (Å²) in [4.78, 5) is 14.8. The number of nitrogens with zero attached hydrogens (tertiary/aromatic N) is 3. The molecule has 0 bridgehead atoms. The van der Waals surface area contributed by atoms with Crippen molar-refractivity contribution in [1.29, 1.82) is 0 Å². The van der Waals surface area contributed by atoms with E-state index in [1.165, 1.54) is 65.3 Å². The molecule has 3 nitrogen and oxygen atoms in total. The number of aromatic nitrogens is 3. The number of pyridine rings is 3. The maximum Gasteiger partial charge on any atom is 0.0970 e. The van der Waals surface area contributed by atoms with Gasteiger partial charge in [0, 0.05) is 44.9 Å². The van der Waals surface area contributed by atoms with Gasteiger partial charge in [0.05, 0.1) is 22.2 Å². The second-order valence-corrected chi connectivity index (χ2v) is 13.6. The molecule has 0 radical (unpaired) electrons. The van der Waals surface area contributed by atoms with E-state index >= 15 is 0 Å². The van der Waals surface area contributed by atoms with Gasteiger partial charge in [-0.25, -0.2) is 4.98 Å². The summed E-state index contributed by atoms with van der Waals surface area (Å²) in [7, 11) is 0. The van der Waals surface area contributed by atoms with Crippen LogP contribution in [0.25, 0.3) is 109 Å². The Morgan fingerprint density at radius 2 is 0.846 bits per heavy atom. The van der Waals surface area contributed by atoms with E-state index in [9.17, 15) is 0 Å². The molecular formula is C49H29N3. The molecule has 240 valence electrons. The molecule has 8 aromatic carbocycles. The molecule has 0 aliphatic heterocycles. The van der Waals surface area contributed by atoms with E-state index in [1.54, 1.807) is 0 Å². The van der Waals surface area contributed by atoms with Crippen LogP contribution >= 0.6 is 0 Å². The summed E-state index contributed by atoms with van der Waals surface area (Å²) in [5.74, 6) is 0. The molecule has 3 aromatic heterocycles. The Labute approximate surface area is 299 Å². The zero-order chi connectivity index (χ0) is 34.2. The van der Waals surface area contributed by atoms with Gasteiger partial charge in [-0.15, -0.1) is 0 Å². The fraction of sp³-hybridized carbons (Fsp3) is 0. The minimum absolute atomic E-state index is 0.934. The van der Waals surface area contributed by atoms with Crippen molar-refractivity contribution >= 4 is 75.8 Å². The van der Waals surface area contributed by atoms with Gasteiger partial charge in [-0.3, -0.25) is 9.97 Å². The van der Waals surface area contributed by atoms with Crippen LogP contribution in [0.4, 0.5) is 0 Å². The molecule has 0 spiro atoms. The van der Waals surface area contributed by atoms with Gasteiger partial charge in [0.25, 0.3) is 0 Å². The van der Waals surface area contributed by atoms with E-state index in [4.69, 9.17) is 9.97 Å². The molecule has 0 aliphatic rings. The third-order valence-corrected chi connectivity index (χ3v) is 10.7. The van der Waals surface area contributed by atoms with E-state index in [0.29, 0.717) is 0 Å². The molecule has 0 unspecified atom stereocenters. The minimum atomic E-state index is 0.934. The Hall–Kier alpha value is -6.97. The lowest BCUT2D eigenvalue weighted by molar-refractivity contribution is 1.37. The van der Waals surface area contributed by atoms with Crippen LogP contribution in [-0.4, -0.2) is 15.0 Å². The molecule has 11 aromatic rings. The second-order valence-electron chi connectivity index (χ2n) is 13.6. The molecule has 0 amide bonds. The normalized spacial score (nSPS) is 11.8. The molecule has 0 N–H and O–H groups in total. The topological polar surface area (TPSA) is 38.7 Å². The summed E-state index contributed by atoms with van der Waals surface area (Å²) in [6.07, 6.45) is 3.68. The Morgan fingerprint density at radius 1 is 0.308 bits per heavy atom. The zero-order valence-corrected chi connectivity index (χ0v) is 28.1. The number of benzene rings is 8. The van der Waals surface area contributed by atoms with Gasteiger partial charge in [-0.1, -0.05) is 133 Å². The molecule has 11 rings (SSSR count). The predicted octanol–water partition coefficient (Wildman–Crippen LogP) is 12.9. The van der Waals surface area contributed by atoms with E-state index < -0.39 is 0 Å². The van der Waals surface area contributed by atoms with Crippen molar-refractivity contribution in [1.82, 2.24) is 15.0 Å². The van der Waals surface area contributed by atoms with Crippen LogP contribution in [-0.2, 0) is 0 Å². The number of rotatable bonds is 3. The van der Waals surface area contributed by atoms with Gasteiger partial charge < -0.3 is 0 Å². The highest BCUT2D eigenvalue weighted by molar-refractivity contribution is 6.31. The van der Waals surface area contributed by atoms with E-state index in [2.05, 4.69) is 157 Å². The third-order valence-electron chi connectivity index (χ3n) is 10.7. The lowest BCUT2D eigenvalue weighted by atomic mass is 9.92. The first-order valence-electron chi connectivity index (χ1n) is 17.7. The molecule has 0 aliphatic carbocycles. The lowest BCUT2D eigenvalue weighted by Crippen LogP contribution is -1.92. The van der Waals surface area contributed by atoms with Gasteiger partial charge >= 0.3 is 0 Å². The van der Waals surface area contributed by atoms with Crippen LogP contribution in [0.3, 0.4) is 0 Å². The lowest BCUT2D eigenvalue weighted by Gasteiger charge is -2.15. The molecular weight excluding hydrogens is 631 g/mol. The average molecular weight is 660 g/mol. The van der Waals surface area contributed by atoms with E-state index in [1.807, 2.05) is 24.5 Å². The first kappa shape index (κ1) is 28.8. The molecule has 3 heterocycles. The van der Waals surface area contributed by atoms with Crippen molar-refractivity contribution < 1.29 is 0 Å². The van der Waals surface area contributed by atoms with Crippen LogP contribution in [0.1, 0.15) is 0 Å². The number of fused-ring (bicyclic) bond motifs is 12. The molecule has 0 saturated carbocycles. The van der Waals surface area contributed by atoms with Gasteiger partial charge in [0.1, 0.15) is 0 Å². The zero-order valence-electron chi connectivity index (χ0n) is 28.1. The largest absolute Gasteiger partial charge is 0.254 e. The van der Waals surface area contributed by atoms with E-state index in [0.717, 1.165) is 44.0 Å². The summed E-state index contributed by atoms with van der Waals surface area (Å²) >= 11 is 0. The maximum atomic E-state index is 5.46. The summed E-state index contributed by atoms with van der Waals surface area (Å²) in [6.45, 7) is 0. The summed E-state index contributed by atoms with van der Waals surface area (Å²) in [5.41, 5.74) is 9.73. The van der Waals surface area contributed by atoms with Crippen LogP contribution in [0, 0.1) is 0 Å². The summed E-state index contributed by atoms with van der Waals surface area (Å²) < 4.78 is 0. The fourth-order valence-corrected chi connectivity index (χ4v) is 8.24. The van der Waals surface area contributed by atoms with Crippen molar-refractivity contribution in [3.8, 4) is 33.5 Å². The first-order chi connectivity index (χ1) is 25.8. The van der Waals surface area contributed by atoms with Crippen molar-refractivity contribution in [2.45, 2.75) is 0 Å². The molecule has 3 heteroatoms. The monoisotopic (exact) mass is 659 g/mol. The van der Waals surface area contributed by atoms with Gasteiger partial charge in [0.15, 0.2) is 0 Å². The predicted molar refractivity (Wildman–Crippen MR) is 219 cm³/mol.